The van der Waals surface area contributed by atoms with Crippen LogP contribution in [0, 0.1) is 4.77 Å². The van der Waals surface area contributed by atoms with Gasteiger partial charge in [0, 0.05) is 7.05 Å². The van der Waals surface area contributed by atoms with E-state index in [4.69, 9.17) is 5.11 Å². The second-order valence-corrected chi connectivity index (χ2v) is 2.31. The third kappa shape index (κ3) is 1.56. The molecule has 3 N–H and O–H groups in total. The largest absolute Gasteiger partial charge is 0.493 e. The Labute approximate surface area is 72.0 Å². The molecule has 0 aliphatic carbocycles. The average molecular weight is 186 g/mol. The molecule has 0 saturated heterocycles. The molecule has 12 heavy (non-hydrogen) atoms. The highest BCUT2D eigenvalue weighted by atomic mass is 32.1. The molecule has 0 bridgehead atoms. The third-order valence-electron chi connectivity index (χ3n) is 1.10. The van der Waals surface area contributed by atoms with E-state index in [-0.39, 0.29) is 16.3 Å². The summed E-state index contributed by atoms with van der Waals surface area (Å²) in [5.74, 6) is -0.380. The molecule has 0 spiro atoms. The van der Waals surface area contributed by atoms with Crippen molar-refractivity contribution in [3.8, 4) is 5.88 Å². The number of aromatic amines is 2. The van der Waals surface area contributed by atoms with Crippen molar-refractivity contribution in [1.29, 1.82) is 0 Å². The molecular formula is C5H6N4O2S. The lowest BCUT2D eigenvalue weighted by Gasteiger charge is -1.94. The van der Waals surface area contributed by atoms with Crippen molar-refractivity contribution >= 4 is 17.9 Å². The van der Waals surface area contributed by atoms with E-state index in [1.54, 1.807) is 0 Å². The molecule has 0 radical (unpaired) electrons. The van der Waals surface area contributed by atoms with Gasteiger partial charge in [0.1, 0.15) is 0 Å². The summed E-state index contributed by atoms with van der Waals surface area (Å²) < 4.78 is 0.0487. The Morgan fingerprint density at radius 2 is 2.17 bits per heavy atom. The summed E-state index contributed by atoms with van der Waals surface area (Å²) in [6.07, 6.45) is 0. The second-order valence-electron chi connectivity index (χ2n) is 1.91. The normalized spacial score (nSPS) is 10.8. The van der Waals surface area contributed by atoms with Crippen LogP contribution in [0.4, 0.5) is 5.69 Å². The van der Waals surface area contributed by atoms with E-state index < -0.39 is 5.56 Å². The average Bonchev–Trinajstić information content (AvgIpc) is 1.96. The van der Waals surface area contributed by atoms with Crippen molar-refractivity contribution in [2.75, 3.05) is 7.05 Å². The minimum Gasteiger partial charge on any atom is -0.493 e. The van der Waals surface area contributed by atoms with Gasteiger partial charge in [-0.05, 0) is 12.2 Å². The molecule has 64 valence electrons. The van der Waals surface area contributed by atoms with Crippen LogP contribution in [0.25, 0.3) is 0 Å². The number of nitrogens with one attached hydrogen (secondary N) is 2. The highest BCUT2D eigenvalue weighted by Gasteiger charge is 2.04. The molecule has 0 unspecified atom stereocenters. The fourth-order valence-corrected chi connectivity index (χ4v) is 0.850. The molecule has 1 aromatic heterocycles. The fraction of sp³-hybridized carbons (Fsp3) is 0.200. The van der Waals surface area contributed by atoms with E-state index in [2.05, 4.69) is 32.4 Å². The highest BCUT2D eigenvalue weighted by Crippen LogP contribution is 2.16. The molecule has 0 aliphatic rings. The number of hydrogen-bond acceptors (Lipinski definition) is 5. The van der Waals surface area contributed by atoms with Gasteiger partial charge in [-0.25, -0.2) is 0 Å². The van der Waals surface area contributed by atoms with E-state index in [1.807, 2.05) is 0 Å². The van der Waals surface area contributed by atoms with Gasteiger partial charge in [0.15, 0.2) is 4.77 Å². The van der Waals surface area contributed by atoms with Crippen molar-refractivity contribution in [2.24, 2.45) is 10.2 Å². The Hall–Kier alpha value is -1.50. The molecule has 0 atom stereocenters. The Kier molecular flexibility index (Phi) is 2.34. The van der Waals surface area contributed by atoms with E-state index in [0.29, 0.717) is 0 Å². The van der Waals surface area contributed by atoms with E-state index in [9.17, 15) is 4.79 Å². The molecule has 6 nitrogen and oxygen atoms in total. The van der Waals surface area contributed by atoms with Crippen molar-refractivity contribution in [2.45, 2.75) is 0 Å². The predicted molar refractivity (Wildman–Crippen MR) is 44.4 cm³/mol. The Balaban J connectivity index is 3.49. The van der Waals surface area contributed by atoms with Crippen molar-refractivity contribution in [3.05, 3.63) is 15.1 Å². The lowest BCUT2D eigenvalue weighted by atomic mass is 10.5. The number of aromatic hydroxyl groups is 1. The lowest BCUT2D eigenvalue weighted by Crippen LogP contribution is -2.06. The Bertz CT molecular complexity index is 418. The lowest BCUT2D eigenvalue weighted by molar-refractivity contribution is 0.451. The molecule has 1 heterocycles. The minimum atomic E-state index is -0.568. The zero-order valence-electron chi connectivity index (χ0n) is 6.16. The summed E-state index contributed by atoms with van der Waals surface area (Å²) in [6, 6.07) is 0. The number of H-pyrrole nitrogens is 2. The maximum atomic E-state index is 11.0. The molecule has 7 heteroatoms. The van der Waals surface area contributed by atoms with Crippen LogP contribution in [0.3, 0.4) is 0 Å². The number of nitrogens with zero attached hydrogens (tertiary/aromatic N) is 2. The number of azo groups is 1. The molecule has 1 aromatic rings. The van der Waals surface area contributed by atoms with Gasteiger partial charge in [-0.15, -0.1) is 5.11 Å². The van der Waals surface area contributed by atoms with Gasteiger partial charge in [-0.1, -0.05) is 0 Å². The molecule has 0 saturated carbocycles. The number of hydrogen-bond donors (Lipinski definition) is 3. The van der Waals surface area contributed by atoms with Crippen molar-refractivity contribution < 1.29 is 5.11 Å². The van der Waals surface area contributed by atoms with Gasteiger partial charge in [0.2, 0.25) is 11.6 Å². The zero-order chi connectivity index (χ0) is 9.14. The van der Waals surface area contributed by atoms with E-state index in [1.165, 1.54) is 7.05 Å². The van der Waals surface area contributed by atoms with Crippen molar-refractivity contribution in [3.63, 3.8) is 0 Å². The Morgan fingerprint density at radius 3 is 2.67 bits per heavy atom. The van der Waals surface area contributed by atoms with Gasteiger partial charge in [-0.3, -0.25) is 9.78 Å². The summed E-state index contributed by atoms with van der Waals surface area (Å²) in [5.41, 5.74) is -0.743. The molecule has 0 aliphatic heterocycles. The Morgan fingerprint density at radius 1 is 1.50 bits per heavy atom. The second kappa shape index (κ2) is 3.26. The molecule has 0 fully saturated rings. The molecular weight excluding hydrogens is 180 g/mol. The monoisotopic (exact) mass is 186 g/mol. The standard InChI is InChI=1S/C5H6N4O2S/c1-6-9-2-3(10)7-5(12)8-4(2)11/h1H3,(H3,7,8,10,11,12)/b9-6+. The highest BCUT2D eigenvalue weighted by molar-refractivity contribution is 7.71. The SMILES string of the molecule is C/N=N/c1c(O)[nH]c(=S)[nH]c1=O. The van der Waals surface area contributed by atoms with Crippen LogP contribution >= 0.6 is 12.2 Å². The maximum absolute atomic E-state index is 11.0. The van der Waals surface area contributed by atoms with Gasteiger partial charge >= 0.3 is 0 Å². The first kappa shape index (κ1) is 8.60. The van der Waals surface area contributed by atoms with Gasteiger partial charge in [-0.2, -0.15) is 5.11 Å². The van der Waals surface area contributed by atoms with E-state index >= 15 is 0 Å². The van der Waals surface area contributed by atoms with Crippen LogP contribution in [-0.2, 0) is 0 Å². The van der Waals surface area contributed by atoms with E-state index in [0.717, 1.165) is 0 Å². The maximum Gasteiger partial charge on any atom is 0.283 e. The predicted octanol–water partition coefficient (Wildman–Crippen LogP) is 0.852. The van der Waals surface area contributed by atoms with Crippen LogP contribution in [0.15, 0.2) is 15.0 Å². The summed E-state index contributed by atoms with van der Waals surface area (Å²) in [7, 11) is 1.39. The third-order valence-corrected chi connectivity index (χ3v) is 1.30. The summed E-state index contributed by atoms with van der Waals surface area (Å²) in [5, 5.41) is 15.9. The van der Waals surface area contributed by atoms with Crippen LogP contribution < -0.4 is 5.56 Å². The number of rotatable bonds is 1. The first-order chi connectivity index (χ1) is 5.65. The molecule has 0 aromatic carbocycles. The molecule has 1 rings (SSSR count). The molecule has 0 amide bonds. The first-order valence-electron chi connectivity index (χ1n) is 3.00. The topological polar surface area (TPSA) is 93.6 Å². The smallest absolute Gasteiger partial charge is 0.283 e. The van der Waals surface area contributed by atoms with Crippen LogP contribution in [0.5, 0.6) is 5.88 Å². The number of aromatic nitrogens is 2. The zero-order valence-corrected chi connectivity index (χ0v) is 6.97. The van der Waals surface area contributed by atoms with Gasteiger partial charge in [0.05, 0.1) is 0 Å². The van der Waals surface area contributed by atoms with Gasteiger partial charge < -0.3 is 10.1 Å². The van der Waals surface area contributed by atoms with Gasteiger partial charge in [0.25, 0.3) is 5.56 Å². The van der Waals surface area contributed by atoms with Crippen LogP contribution in [0.2, 0.25) is 0 Å². The fourth-order valence-electron chi connectivity index (χ4n) is 0.661. The van der Waals surface area contributed by atoms with Crippen LogP contribution in [0.1, 0.15) is 0 Å². The van der Waals surface area contributed by atoms with Crippen molar-refractivity contribution in [1.82, 2.24) is 9.97 Å². The first-order valence-corrected chi connectivity index (χ1v) is 3.41. The minimum absolute atomic E-state index is 0.0487. The summed E-state index contributed by atoms with van der Waals surface area (Å²) in [4.78, 5) is 15.6. The quantitative estimate of drug-likeness (QED) is 0.448. The summed E-state index contributed by atoms with van der Waals surface area (Å²) >= 11 is 4.59. The summed E-state index contributed by atoms with van der Waals surface area (Å²) in [6.45, 7) is 0. The van der Waals surface area contributed by atoms with Crippen LogP contribution in [-0.4, -0.2) is 22.1 Å².